The van der Waals surface area contributed by atoms with Crippen LogP contribution in [0.1, 0.15) is 39.2 Å². The number of nitro benzene ring substituents is 1. The molecule has 7 heteroatoms. The summed E-state index contributed by atoms with van der Waals surface area (Å²) in [4.78, 5) is 23.4. The number of amides is 1. The van der Waals surface area contributed by atoms with Crippen molar-refractivity contribution in [1.29, 1.82) is 0 Å². The quantitative estimate of drug-likeness (QED) is 0.360. The molecule has 3 rings (SSSR count). The van der Waals surface area contributed by atoms with Crippen LogP contribution in [0.3, 0.4) is 0 Å². The van der Waals surface area contributed by atoms with E-state index in [1.54, 1.807) is 18.3 Å². The summed E-state index contributed by atoms with van der Waals surface area (Å²) in [6.45, 7) is 9.58. The van der Waals surface area contributed by atoms with Gasteiger partial charge in [0.1, 0.15) is 5.69 Å². The number of nitrogens with zero attached hydrogens (tertiary/aromatic N) is 3. The normalized spacial score (nSPS) is 11.1. The Morgan fingerprint density at radius 3 is 2.42 bits per heavy atom. The Labute approximate surface area is 181 Å². The molecule has 31 heavy (non-hydrogen) atoms. The van der Waals surface area contributed by atoms with E-state index in [9.17, 15) is 14.9 Å². The van der Waals surface area contributed by atoms with E-state index in [0.717, 1.165) is 39.2 Å². The Kier molecular flexibility index (Phi) is 6.34. The van der Waals surface area contributed by atoms with Crippen molar-refractivity contribution < 1.29 is 9.72 Å². The van der Waals surface area contributed by atoms with E-state index in [1.807, 2.05) is 69.5 Å². The molecule has 1 N–H and O–H groups in total. The van der Waals surface area contributed by atoms with Gasteiger partial charge in [0.05, 0.1) is 17.6 Å². The van der Waals surface area contributed by atoms with Gasteiger partial charge in [0, 0.05) is 23.0 Å². The van der Waals surface area contributed by atoms with Crippen LogP contribution in [0, 0.1) is 44.7 Å². The first kappa shape index (κ1) is 22.0. The molecule has 0 radical (unpaired) electrons. The number of nitrogens with one attached hydrogen (secondary N) is 1. The molecule has 0 unspecified atom stereocenters. The van der Waals surface area contributed by atoms with Crippen molar-refractivity contribution in [2.75, 3.05) is 0 Å². The first-order chi connectivity index (χ1) is 14.7. The molecule has 1 heterocycles. The molecule has 160 valence electrons. The number of hydrogen-bond donors (Lipinski definition) is 1. The first-order valence-corrected chi connectivity index (χ1v) is 9.99. The van der Waals surface area contributed by atoms with Crippen LogP contribution >= 0.6 is 0 Å². The minimum atomic E-state index is -0.373. The molecule has 0 saturated carbocycles. The lowest BCUT2D eigenvalue weighted by Gasteiger charge is -2.10. The SMILES string of the molecule is Cc1ccc(CC(=O)N/N=C\c2cc(C)n(-c3ccc(C)cc3[N+](=O)[O-])c2C)c(C)c1. The Balaban J connectivity index is 1.79. The predicted octanol–water partition coefficient (Wildman–Crippen LogP) is 4.62. The second kappa shape index (κ2) is 8.95. The van der Waals surface area contributed by atoms with Gasteiger partial charge in [-0.2, -0.15) is 5.10 Å². The van der Waals surface area contributed by atoms with E-state index in [2.05, 4.69) is 10.5 Å². The number of rotatable bonds is 6. The third-order valence-corrected chi connectivity index (χ3v) is 5.28. The maximum Gasteiger partial charge on any atom is 0.293 e. The zero-order chi connectivity index (χ0) is 22.7. The van der Waals surface area contributed by atoms with Gasteiger partial charge in [-0.25, -0.2) is 5.43 Å². The van der Waals surface area contributed by atoms with Gasteiger partial charge in [-0.15, -0.1) is 0 Å². The van der Waals surface area contributed by atoms with Gasteiger partial charge in [0.2, 0.25) is 5.91 Å². The molecule has 0 fully saturated rings. The van der Waals surface area contributed by atoms with Crippen LogP contribution in [0.4, 0.5) is 5.69 Å². The molecule has 0 saturated heterocycles. The summed E-state index contributed by atoms with van der Waals surface area (Å²) in [6.07, 6.45) is 1.82. The first-order valence-electron chi connectivity index (χ1n) is 9.99. The maximum absolute atomic E-state index is 12.3. The minimum Gasteiger partial charge on any atom is -0.312 e. The summed E-state index contributed by atoms with van der Waals surface area (Å²) in [5.74, 6) is -0.203. The molecular formula is C24H26N4O3. The second-order valence-electron chi connectivity index (χ2n) is 7.81. The van der Waals surface area contributed by atoms with Crippen molar-refractivity contribution in [2.45, 2.75) is 41.0 Å². The van der Waals surface area contributed by atoms with Crippen molar-refractivity contribution in [1.82, 2.24) is 9.99 Å². The van der Waals surface area contributed by atoms with E-state index in [4.69, 9.17) is 0 Å². The highest BCUT2D eigenvalue weighted by atomic mass is 16.6. The standard InChI is InChI=1S/C24H26N4O3/c1-15-6-8-20(17(3)10-15)13-24(29)26-25-14-21-12-18(4)27(19(21)5)22-9-7-16(2)11-23(22)28(30)31/h6-12,14H,13H2,1-5H3,(H,26,29)/b25-14-. The summed E-state index contributed by atoms with van der Waals surface area (Å²) in [5, 5.41) is 15.6. The summed E-state index contributed by atoms with van der Waals surface area (Å²) < 4.78 is 1.83. The summed E-state index contributed by atoms with van der Waals surface area (Å²) in [5.41, 5.74) is 9.55. The van der Waals surface area contributed by atoms with E-state index >= 15 is 0 Å². The summed E-state index contributed by atoms with van der Waals surface area (Å²) >= 11 is 0. The number of benzene rings is 2. The van der Waals surface area contributed by atoms with Gasteiger partial charge >= 0.3 is 0 Å². The highest BCUT2D eigenvalue weighted by Gasteiger charge is 2.19. The van der Waals surface area contributed by atoms with Crippen molar-refractivity contribution in [3.05, 3.63) is 91.8 Å². The average molecular weight is 418 g/mol. The van der Waals surface area contributed by atoms with Gasteiger partial charge in [-0.3, -0.25) is 14.9 Å². The predicted molar refractivity (Wildman–Crippen MR) is 122 cm³/mol. The number of carbonyl (C=O) groups excluding carboxylic acids is 1. The summed E-state index contributed by atoms with van der Waals surface area (Å²) in [7, 11) is 0. The van der Waals surface area contributed by atoms with Crippen LogP contribution in [-0.2, 0) is 11.2 Å². The monoisotopic (exact) mass is 418 g/mol. The molecule has 0 aliphatic carbocycles. The van der Waals surface area contributed by atoms with E-state index in [1.165, 1.54) is 0 Å². The van der Waals surface area contributed by atoms with E-state index in [-0.39, 0.29) is 22.9 Å². The third kappa shape index (κ3) is 4.88. The van der Waals surface area contributed by atoms with E-state index < -0.39 is 0 Å². The fraction of sp³-hybridized carbons (Fsp3) is 0.250. The van der Waals surface area contributed by atoms with Crippen molar-refractivity contribution in [2.24, 2.45) is 5.10 Å². The molecule has 0 aliphatic rings. The molecule has 7 nitrogen and oxygen atoms in total. The average Bonchev–Trinajstić information content (AvgIpc) is 2.97. The van der Waals surface area contributed by atoms with Crippen molar-refractivity contribution in [3.8, 4) is 5.69 Å². The van der Waals surface area contributed by atoms with Crippen molar-refractivity contribution >= 4 is 17.8 Å². The number of hydrazone groups is 1. The lowest BCUT2D eigenvalue weighted by atomic mass is 10.0. The van der Waals surface area contributed by atoms with Crippen molar-refractivity contribution in [3.63, 3.8) is 0 Å². The molecule has 2 aromatic carbocycles. The van der Waals surface area contributed by atoms with Crippen LogP contribution in [0.5, 0.6) is 0 Å². The van der Waals surface area contributed by atoms with Gasteiger partial charge in [-0.1, -0.05) is 29.8 Å². The Bertz CT molecular complexity index is 1190. The third-order valence-electron chi connectivity index (χ3n) is 5.28. The number of aryl methyl sites for hydroxylation is 4. The topological polar surface area (TPSA) is 89.5 Å². The largest absolute Gasteiger partial charge is 0.312 e. The molecular weight excluding hydrogens is 392 g/mol. The fourth-order valence-electron chi connectivity index (χ4n) is 3.69. The molecule has 1 amide bonds. The summed E-state index contributed by atoms with van der Waals surface area (Å²) in [6, 6.07) is 13.0. The van der Waals surface area contributed by atoms with Crippen LogP contribution in [0.2, 0.25) is 0 Å². The number of nitro groups is 1. The lowest BCUT2D eigenvalue weighted by Crippen LogP contribution is -2.20. The number of carbonyl (C=O) groups is 1. The van der Waals surface area contributed by atoms with Gasteiger partial charge < -0.3 is 4.57 Å². The van der Waals surface area contributed by atoms with Crippen LogP contribution in [0.15, 0.2) is 47.6 Å². The molecule has 0 spiro atoms. The highest BCUT2D eigenvalue weighted by molar-refractivity contribution is 5.85. The zero-order valence-corrected chi connectivity index (χ0v) is 18.4. The van der Waals surface area contributed by atoms with Crippen LogP contribution in [-0.4, -0.2) is 21.6 Å². The van der Waals surface area contributed by atoms with Crippen LogP contribution in [0.25, 0.3) is 5.69 Å². The minimum absolute atomic E-state index is 0.0482. The lowest BCUT2D eigenvalue weighted by molar-refractivity contribution is -0.384. The molecule has 1 aromatic heterocycles. The Morgan fingerprint density at radius 2 is 1.74 bits per heavy atom. The smallest absolute Gasteiger partial charge is 0.293 e. The van der Waals surface area contributed by atoms with Crippen LogP contribution < -0.4 is 5.43 Å². The number of aromatic nitrogens is 1. The van der Waals surface area contributed by atoms with Gasteiger partial charge in [0.25, 0.3) is 5.69 Å². The molecule has 3 aromatic rings. The molecule has 0 aliphatic heterocycles. The molecule has 0 atom stereocenters. The molecule has 0 bridgehead atoms. The van der Waals surface area contributed by atoms with Gasteiger partial charge in [0.15, 0.2) is 0 Å². The van der Waals surface area contributed by atoms with Gasteiger partial charge in [-0.05, 0) is 63.4 Å². The Morgan fingerprint density at radius 1 is 1.06 bits per heavy atom. The zero-order valence-electron chi connectivity index (χ0n) is 18.4. The Hall–Kier alpha value is -3.74. The fourth-order valence-corrected chi connectivity index (χ4v) is 3.69. The second-order valence-corrected chi connectivity index (χ2v) is 7.81. The van der Waals surface area contributed by atoms with E-state index in [0.29, 0.717) is 5.69 Å². The highest BCUT2D eigenvalue weighted by Crippen LogP contribution is 2.28. The number of hydrogen-bond acceptors (Lipinski definition) is 4. The maximum atomic E-state index is 12.3.